The molecule has 1 heterocycles. The Kier molecular flexibility index (Phi) is 6.35. The average molecular weight is 379 g/mol. The molecule has 0 spiro atoms. The van der Waals surface area contributed by atoms with Gasteiger partial charge in [0.2, 0.25) is 15.9 Å². The Morgan fingerprint density at radius 3 is 2.46 bits per heavy atom. The van der Waals surface area contributed by atoms with Crippen LogP contribution < -0.4 is 5.32 Å². The summed E-state index contributed by atoms with van der Waals surface area (Å²) >= 11 is 0. The molecule has 3 rings (SSSR count). The summed E-state index contributed by atoms with van der Waals surface area (Å²) in [6.45, 7) is 3.09. The van der Waals surface area contributed by atoms with Crippen LogP contribution in [-0.4, -0.2) is 37.8 Å². The van der Waals surface area contributed by atoms with Crippen molar-refractivity contribution < 1.29 is 13.2 Å². The zero-order valence-electron chi connectivity index (χ0n) is 15.6. The largest absolute Gasteiger partial charge is 0.353 e. The molecule has 1 amide bonds. The number of carbonyl (C=O) groups is 1. The molecule has 2 fully saturated rings. The van der Waals surface area contributed by atoms with E-state index in [1.807, 2.05) is 6.07 Å². The first-order valence-electron chi connectivity index (χ1n) is 9.85. The summed E-state index contributed by atoms with van der Waals surface area (Å²) in [5.41, 5.74) is 0. The molecule has 2 aliphatic rings. The zero-order chi connectivity index (χ0) is 18.6. The van der Waals surface area contributed by atoms with E-state index in [2.05, 4.69) is 12.2 Å². The van der Waals surface area contributed by atoms with Gasteiger partial charge in [-0.3, -0.25) is 4.79 Å². The second kappa shape index (κ2) is 8.53. The summed E-state index contributed by atoms with van der Waals surface area (Å²) in [5, 5.41) is 3.17. The number of nitrogens with one attached hydrogen (secondary N) is 1. The number of amides is 1. The number of hydrogen-bond donors (Lipinski definition) is 1. The smallest absolute Gasteiger partial charge is 0.243 e. The molecule has 6 heteroatoms. The van der Waals surface area contributed by atoms with E-state index < -0.39 is 10.0 Å². The van der Waals surface area contributed by atoms with Gasteiger partial charge >= 0.3 is 0 Å². The lowest BCUT2D eigenvalue weighted by atomic mass is 9.82. The summed E-state index contributed by atoms with van der Waals surface area (Å²) in [5.74, 6) is 0.639. The molecule has 1 aromatic rings. The van der Waals surface area contributed by atoms with Gasteiger partial charge in [0.05, 0.1) is 4.90 Å². The van der Waals surface area contributed by atoms with Crippen LogP contribution in [0.25, 0.3) is 0 Å². The number of benzene rings is 1. The number of sulfonamides is 1. The third-order valence-electron chi connectivity index (χ3n) is 5.93. The van der Waals surface area contributed by atoms with Crippen molar-refractivity contribution in [3.05, 3.63) is 30.3 Å². The van der Waals surface area contributed by atoms with E-state index in [0.717, 1.165) is 25.7 Å². The molecule has 1 aliphatic heterocycles. The number of rotatable bonds is 6. The Morgan fingerprint density at radius 2 is 1.81 bits per heavy atom. The van der Waals surface area contributed by atoms with Gasteiger partial charge < -0.3 is 5.32 Å². The van der Waals surface area contributed by atoms with Gasteiger partial charge in [-0.05, 0) is 43.2 Å². The monoisotopic (exact) mass is 378 g/mol. The lowest BCUT2D eigenvalue weighted by Crippen LogP contribution is -2.45. The van der Waals surface area contributed by atoms with E-state index in [-0.39, 0.29) is 17.7 Å². The fourth-order valence-corrected chi connectivity index (χ4v) is 5.87. The normalized spacial score (nSPS) is 25.3. The highest BCUT2D eigenvalue weighted by molar-refractivity contribution is 7.89. The van der Waals surface area contributed by atoms with Crippen molar-refractivity contribution in [2.75, 3.05) is 13.1 Å². The van der Waals surface area contributed by atoms with Gasteiger partial charge in [0.25, 0.3) is 0 Å². The topological polar surface area (TPSA) is 66.5 Å². The average Bonchev–Trinajstić information content (AvgIpc) is 3.15. The molecule has 1 aliphatic carbocycles. The van der Waals surface area contributed by atoms with E-state index in [1.54, 1.807) is 28.6 Å². The molecule has 1 aromatic carbocycles. The van der Waals surface area contributed by atoms with Gasteiger partial charge in [0, 0.05) is 25.6 Å². The number of hydrogen-bond acceptors (Lipinski definition) is 3. The Hall–Kier alpha value is -1.40. The Bertz CT molecular complexity index is 699. The quantitative estimate of drug-likeness (QED) is 0.827. The summed E-state index contributed by atoms with van der Waals surface area (Å²) in [4.78, 5) is 12.7. The molecule has 0 aromatic heterocycles. The molecule has 0 radical (unpaired) electrons. The lowest BCUT2D eigenvalue weighted by molar-refractivity contribution is -0.123. The minimum Gasteiger partial charge on any atom is -0.353 e. The van der Waals surface area contributed by atoms with Crippen LogP contribution in [0.3, 0.4) is 0 Å². The molecular formula is C20H30N2O3S. The fourth-order valence-electron chi connectivity index (χ4n) is 4.33. The standard InChI is InChI=1S/C20H30N2O3S/c1-2-16-15-22(26(24,25)19-10-4-3-5-11-19)13-12-17(16)14-20(23)21-18-8-6-7-9-18/h3-5,10-11,16-18H,2,6-9,12-15H2,1H3,(H,21,23). The Balaban J connectivity index is 1.60. The maximum Gasteiger partial charge on any atom is 0.243 e. The minimum atomic E-state index is -3.44. The summed E-state index contributed by atoms with van der Waals surface area (Å²) in [6, 6.07) is 8.98. The molecule has 26 heavy (non-hydrogen) atoms. The second-order valence-electron chi connectivity index (χ2n) is 7.65. The molecule has 0 bridgehead atoms. The maximum absolute atomic E-state index is 12.9. The maximum atomic E-state index is 12.9. The molecule has 2 atom stereocenters. The third-order valence-corrected chi connectivity index (χ3v) is 7.81. The van der Waals surface area contributed by atoms with Gasteiger partial charge in [-0.25, -0.2) is 8.42 Å². The zero-order valence-corrected chi connectivity index (χ0v) is 16.4. The molecule has 1 N–H and O–H groups in total. The predicted molar refractivity (Wildman–Crippen MR) is 102 cm³/mol. The van der Waals surface area contributed by atoms with Gasteiger partial charge in [0.15, 0.2) is 0 Å². The first-order valence-corrected chi connectivity index (χ1v) is 11.3. The highest BCUT2D eigenvalue weighted by Crippen LogP contribution is 2.32. The van der Waals surface area contributed by atoms with Crippen molar-refractivity contribution >= 4 is 15.9 Å². The number of nitrogens with zero attached hydrogens (tertiary/aromatic N) is 1. The fraction of sp³-hybridized carbons (Fsp3) is 0.650. The molecular weight excluding hydrogens is 348 g/mol. The van der Waals surface area contributed by atoms with E-state index in [9.17, 15) is 13.2 Å². The van der Waals surface area contributed by atoms with Gasteiger partial charge in [-0.2, -0.15) is 4.31 Å². The third kappa shape index (κ3) is 4.46. The Morgan fingerprint density at radius 1 is 1.12 bits per heavy atom. The van der Waals surface area contributed by atoms with Crippen LogP contribution in [0, 0.1) is 11.8 Å². The lowest BCUT2D eigenvalue weighted by Gasteiger charge is -2.37. The van der Waals surface area contributed by atoms with Gasteiger partial charge in [0.1, 0.15) is 0 Å². The van der Waals surface area contributed by atoms with Crippen molar-refractivity contribution in [2.45, 2.75) is 62.8 Å². The summed E-state index contributed by atoms with van der Waals surface area (Å²) < 4.78 is 27.3. The summed E-state index contributed by atoms with van der Waals surface area (Å²) in [6.07, 6.45) is 6.77. The number of carbonyl (C=O) groups excluding carboxylic acids is 1. The molecule has 1 saturated heterocycles. The van der Waals surface area contributed by atoms with E-state index in [0.29, 0.717) is 30.4 Å². The van der Waals surface area contributed by atoms with E-state index in [1.165, 1.54) is 12.8 Å². The molecule has 144 valence electrons. The highest BCUT2D eigenvalue weighted by Gasteiger charge is 2.35. The highest BCUT2D eigenvalue weighted by atomic mass is 32.2. The van der Waals surface area contributed by atoms with Crippen LogP contribution in [0.5, 0.6) is 0 Å². The SMILES string of the molecule is CCC1CN(S(=O)(=O)c2ccccc2)CCC1CC(=O)NC1CCCC1. The number of piperidine rings is 1. The van der Waals surface area contributed by atoms with Crippen molar-refractivity contribution in [3.63, 3.8) is 0 Å². The van der Waals surface area contributed by atoms with Gasteiger partial charge in [-0.1, -0.05) is 44.4 Å². The van der Waals surface area contributed by atoms with Crippen molar-refractivity contribution in [1.29, 1.82) is 0 Å². The van der Waals surface area contributed by atoms with Crippen molar-refractivity contribution in [3.8, 4) is 0 Å². The first kappa shape index (κ1) is 19.4. The predicted octanol–water partition coefficient (Wildman–Crippen LogP) is 3.17. The summed E-state index contributed by atoms with van der Waals surface area (Å²) in [7, 11) is -3.44. The van der Waals surface area contributed by atoms with Crippen LogP contribution >= 0.6 is 0 Å². The van der Waals surface area contributed by atoms with Crippen LogP contribution in [0.15, 0.2) is 35.2 Å². The van der Waals surface area contributed by atoms with Gasteiger partial charge in [-0.15, -0.1) is 0 Å². The van der Waals surface area contributed by atoms with Crippen molar-refractivity contribution in [2.24, 2.45) is 11.8 Å². The van der Waals surface area contributed by atoms with Crippen LogP contribution in [-0.2, 0) is 14.8 Å². The molecule has 5 nitrogen and oxygen atoms in total. The van der Waals surface area contributed by atoms with E-state index >= 15 is 0 Å². The molecule has 2 unspecified atom stereocenters. The van der Waals surface area contributed by atoms with Crippen LogP contribution in [0.1, 0.15) is 51.9 Å². The van der Waals surface area contributed by atoms with E-state index in [4.69, 9.17) is 0 Å². The Labute approximate surface area is 157 Å². The molecule has 1 saturated carbocycles. The second-order valence-corrected chi connectivity index (χ2v) is 9.58. The van der Waals surface area contributed by atoms with Crippen molar-refractivity contribution in [1.82, 2.24) is 9.62 Å². The first-order chi connectivity index (χ1) is 12.5. The van der Waals surface area contributed by atoms with Crippen LogP contribution in [0.4, 0.5) is 0 Å². The minimum absolute atomic E-state index is 0.139. The van der Waals surface area contributed by atoms with Crippen LogP contribution in [0.2, 0.25) is 0 Å².